The highest BCUT2D eigenvalue weighted by Crippen LogP contribution is 2.32. The molecule has 0 bridgehead atoms. The van der Waals surface area contributed by atoms with Crippen LogP contribution in [0.15, 0.2) is 12.1 Å². The van der Waals surface area contributed by atoms with E-state index in [4.69, 9.17) is 16.2 Å². The van der Waals surface area contributed by atoms with Crippen molar-refractivity contribution < 1.29 is 4.74 Å². The first-order valence-corrected chi connectivity index (χ1v) is 3.96. The Morgan fingerprint density at radius 1 is 1.15 bits per heavy atom. The van der Waals surface area contributed by atoms with Gasteiger partial charge in [-0.3, -0.25) is 0 Å². The van der Waals surface area contributed by atoms with Crippen molar-refractivity contribution in [2.75, 3.05) is 37.6 Å². The van der Waals surface area contributed by atoms with Crippen LogP contribution in [0.4, 0.5) is 17.1 Å². The molecule has 0 atom stereocenters. The smallest absolute Gasteiger partial charge is 0.144 e. The molecule has 0 heterocycles. The van der Waals surface area contributed by atoms with E-state index < -0.39 is 0 Å². The monoisotopic (exact) mass is 181 g/mol. The number of nitrogen functional groups attached to an aromatic ring is 2. The zero-order chi connectivity index (χ0) is 10.0. The molecule has 0 fully saturated rings. The van der Waals surface area contributed by atoms with Gasteiger partial charge in [0.15, 0.2) is 0 Å². The Kier molecular flexibility index (Phi) is 2.51. The van der Waals surface area contributed by atoms with Gasteiger partial charge in [-0.2, -0.15) is 0 Å². The van der Waals surface area contributed by atoms with Gasteiger partial charge in [0.05, 0.1) is 24.2 Å². The van der Waals surface area contributed by atoms with Gasteiger partial charge in [0.25, 0.3) is 0 Å². The first-order chi connectivity index (χ1) is 6.06. The van der Waals surface area contributed by atoms with E-state index in [0.29, 0.717) is 11.4 Å². The lowest BCUT2D eigenvalue weighted by atomic mass is 10.2. The minimum Gasteiger partial charge on any atom is -0.495 e. The summed E-state index contributed by atoms with van der Waals surface area (Å²) >= 11 is 0. The van der Waals surface area contributed by atoms with Crippen molar-refractivity contribution in [2.24, 2.45) is 0 Å². The molecule has 0 aliphatic heterocycles. The van der Waals surface area contributed by atoms with Gasteiger partial charge >= 0.3 is 0 Å². The minimum atomic E-state index is 0.544. The summed E-state index contributed by atoms with van der Waals surface area (Å²) in [5, 5.41) is 0. The molecule has 1 aromatic carbocycles. The lowest BCUT2D eigenvalue weighted by Gasteiger charge is -2.17. The number of rotatable bonds is 2. The molecule has 4 nitrogen and oxygen atoms in total. The summed E-state index contributed by atoms with van der Waals surface area (Å²) in [6, 6.07) is 3.53. The summed E-state index contributed by atoms with van der Waals surface area (Å²) in [5.41, 5.74) is 13.4. The van der Waals surface area contributed by atoms with Gasteiger partial charge in [0.1, 0.15) is 5.75 Å². The Hall–Kier alpha value is -1.58. The lowest BCUT2D eigenvalue weighted by molar-refractivity contribution is 0.415. The van der Waals surface area contributed by atoms with Crippen molar-refractivity contribution >= 4 is 17.1 Å². The first kappa shape index (κ1) is 9.51. The van der Waals surface area contributed by atoms with Crippen LogP contribution in [0, 0.1) is 0 Å². The number of nitrogens with two attached hydrogens (primary N) is 2. The maximum Gasteiger partial charge on any atom is 0.144 e. The molecule has 1 aromatic rings. The van der Waals surface area contributed by atoms with E-state index in [1.54, 1.807) is 19.2 Å². The molecule has 0 saturated carbocycles. The SMILES string of the molecule is COc1cc(N)c(N)cc1N(C)C. The number of methoxy groups -OCH3 is 1. The van der Waals surface area contributed by atoms with Crippen molar-refractivity contribution in [2.45, 2.75) is 0 Å². The molecule has 0 aromatic heterocycles. The summed E-state index contributed by atoms with van der Waals surface area (Å²) in [6.07, 6.45) is 0. The van der Waals surface area contributed by atoms with Crippen LogP contribution < -0.4 is 21.1 Å². The third kappa shape index (κ3) is 1.77. The fraction of sp³-hybridized carbons (Fsp3) is 0.333. The molecule has 0 unspecified atom stereocenters. The second-order valence-electron chi connectivity index (χ2n) is 3.05. The number of nitrogens with zero attached hydrogens (tertiary/aromatic N) is 1. The Balaban J connectivity index is 3.25. The third-order valence-corrected chi connectivity index (χ3v) is 1.87. The van der Waals surface area contributed by atoms with Gasteiger partial charge in [-0.15, -0.1) is 0 Å². The van der Waals surface area contributed by atoms with Crippen LogP contribution in [-0.4, -0.2) is 21.2 Å². The number of anilines is 3. The van der Waals surface area contributed by atoms with Crippen LogP contribution in [0.3, 0.4) is 0 Å². The average molecular weight is 181 g/mol. The summed E-state index contributed by atoms with van der Waals surface area (Å²) in [4.78, 5) is 1.93. The van der Waals surface area contributed by atoms with Gasteiger partial charge in [-0.25, -0.2) is 0 Å². The summed E-state index contributed by atoms with van der Waals surface area (Å²) in [5.74, 6) is 0.733. The summed E-state index contributed by atoms with van der Waals surface area (Å²) < 4.78 is 5.17. The van der Waals surface area contributed by atoms with Crippen LogP contribution in [-0.2, 0) is 0 Å². The summed E-state index contributed by atoms with van der Waals surface area (Å²) in [6.45, 7) is 0. The molecular weight excluding hydrogens is 166 g/mol. The minimum absolute atomic E-state index is 0.544. The van der Waals surface area contributed by atoms with Gasteiger partial charge in [-0.05, 0) is 6.07 Å². The Bertz CT molecular complexity index is 310. The quantitative estimate of drug-likeness (QED) is 0.666. The molecule has 0 radical (unpaired) electrons. The van der Waals surface area contributed by atoms with E-state index in [-0.39, 0.29) is 0 Å². The highest BCUT2D eigenvalue weighted by atomic mass is 16.5. The maximum absolute atomic E-state index is 5.67. The van der Waals surface area contributed by atoms with E-state index in [0.717, 1.165) is 11.4 Å². The van der Waals surface area contributed by atoms with E-state index in [1.807, 2.05) is 19.0 Å². The van der Waals surface area contributed by atoms with Gasteiger partial charge in [-0.1, -0.05) is 0 Å². The van der Waals surface area contributed by atoms with E-state index in [9.17, 15) is 0 Å². The van der Waals surface area contributed by atoms with Gasteiger partial charge < -0.3 is 21.1 Å². The predicted molar refractivity (Wildman–Crippen MR) is 56.1 cm³/mol. The fourth-order valence-corrected chi connectivity index (χ4v) is 1.11. The summed E-state index contributed by atoms with van der Waals surface area (Å²) in [7, 11) is 5.46. The van der Waals surface area contributed by atoms with E-state index in [1.165, 1.54) is 0 Å². The van der Waals surface area contributed by atoms with Crippen molar-refractivity contribution in [3.63, 3.8) is 0 Å². The normalized spacial score (nSPS) is 9.77. The van der Waals surface area contributed by atoms with E-state index >= 15 is 0 Å². The van der Waals surface area contributed by atoms with Crippen LogP contribution in [0.2, 0.25) is 0 Å². The van der Waals surface area contributed by atoms with E-state index in [2.05, 4.69) is 0 Å². The zero-order valence-corrected chi connectivity index (χ0v) is 8.16. The van der Waals surface area contributed by atoms with Crippen LogP contribution in [0.5, 0.6) is 5.75 Å². The first-order valence-electron chi connectivity index (χ1n) is 3.96. The average Bonchev–Trinajstić information content (AvgIpc) is 2.08. The fourth-order valence-electron chi connectivity index (χ4n) is 1.11. The highest BCUT2D eigenvalue weighted by molar-refractivity contribution is 5.75. The molecule has 4 N–H and O–H groups in total. The van der Waals surface area contributed by atoms with Gasteiger partial charge in [0, 0.05) is 20.2 Å². The largest absolute Gasteiger partial charge is 0.495 e. The Morgan fingerprint density at radius 3 is 2.15 bits per heavy atom. The number of benzene rings is 1. The Labute approximate surface area is 78.1 Å². The lowest BCUT2D eigenvalue weighted by Crippen LogP contribution is -2.11. The Morgan fingerprint density at radius 2 is 1.69 bits per heavy atom. The molecule has 0 saturated heterocycles. The highest BCUT2D eigenvalue weighted by Gasteiger charge is 2.07. The molecule has 72 valence electrons. The molecule has 13 heavy (non-hydrogen) atoms. The molecule has 4 heteroatoms. The molecular formula is C9H15N3O. The molecule has 0 spiro atoms. The van der Waals surface area contributed by atoms with Crippen molar-refractivity contribution in [1.29, 1.82) is 0 Å². The second-order valence-corrected chi connectivity index (χ2v) is 3.05. The number of hydrogen-bond donors (Lipinski definition) is 2. The molecule has 0 amide bonds. The standard InChI is InChI=1S/C9H15N3O/c1-12(2)8-4-6(10)7(11)5-9(8)13-3/h4-5H,10-11H2,1-3H3. The molecule has 0 aliphatic rings. The van der Waals surface area contributed by atoms with Gasteiger partial charge in [0.2, 0.25) is 0 Å². The predicted octanol–water partition coefficient (Wildman–Crippen LogP) is 0.926. The van der Waals surface area contributed by atoms with Crippen molar-refractivity contribution in [3.8, 4) is 5.75 Å². The van der Waals surface area contributed by atoms with Crippen molar-refractivity contribution in [1.82, 2.24) is 0 Å². The van der Waals surface area contributed by atoms with Crippen molar-refractivity contribution in [3.05, 3.63) is 12.1 Å². The third-order valence-electron chi connectivity index (χ3n) is 1.87. The molecule has 1 rings (SSSR count). The number of hydrogen-bond acceptors (Lipinski definition) is 4. The zero-order valence-electron chi connectivity index (χ0n) is 8.16. The van der Waals surface area contributed by atoms with Crippen LogP contribution in [0.25, 0.3) is 0 Å². The number of ether oxygens (including phenoxy) is 1. The molecule has 0 aliphatic carbocycles. The second kappa shape index (κ2) is 3.43. The van der Waals surface area contributed by atoms with Crippen LogP contribution in [0.1, 0.15) is 0 Å². The van der Waals surface area contributed by atoms with Crippen LogP contribution >= 0.6 is 0 Å². The maximum atomic E-state index is 5.67. The topological polar surface area (TPSA) is 64.5 Å².